The van der Waals surface area contributed by atoms with Crippen molar-refractivity contribution >= 4 is 63.8 Å². The number of amides is 4. The van der Waals surface area contributed by atoms with Gasteiger partial charge in [0.2, 0.25) is 5.91 Å². The normalized spacial score (nSPS) is 14.1. The van der Waals surface area contributed by atoms with Crippen LogP contribution in [0.25, 0.3) is 6.08 Å². The molecule has 3 aromatic rings. The number of ether oxygens (including phenoxy) is 1. The predicted molar refractivity (Wildman–Crippen MR) is 145 cm³/mol. The van der Waals surface area contributed by atoms with Crippen molar-refractivity contribution in [1.82, 2.24) is 4.90 Å². The molecule has 37 heavy (non-hydrogen) atoms. The van der Waals surface area contributed by atoms with Crippen LogP contribution in [0.4, 0.5) is 16.2 Å². The van der Waals surface area contributed by atoms with Gasteiger partial charge in [-0.1, -0.05) is 54.1 Å². The number of hydrogen-bond acceptors (Lipinski definition) is 6. The second kappa shape index (κ2) is 11.8. The van der Waals surface area contributed by atoms with Gasteiger partial charge in [-0.2, -0.15) is 0 Å². The molecular formula is C27H22ClN3O5S. The highest BCUT2D eigenvalue weighted by atomic mass is 35.5. The van der Waals surface area contributed by atoms with Crippen molar-refractivity contribution in [3.63, 3.8) is 0 Å². The third-order valence-electron chi connectivity index (χ3n) is 5.27. The molecule has 2 N–H and O–H groups in total. The lowest BCUT2D eigenvalue weighted by molar-refractivity contribution is -0.127. The van der Waals surface area contributed by atoms with Gasteiger partial charge < -0.3 is 15.4 Å². The Bertz CT molecular complexity index is 1390. The van der Waals surface area contributed by atoms with Crippen LogP contribution in [0.3, 0.4) is 0 Å². The summed E-state index contributed by atoms with van der Waals surface area (Å²) in [6.07, 6.45) is 1.51. The number of hydrogen-bond donors (Lipinski definition) is 2. The zero-order valence-corrected chi connectivity index (χ0v) is 21.3. The summed E-state index contributed by atoms with van der Waals surface area (Å²) in [6, 6.07) is 20.9. The molecule has 1 aliphatic rings. The van der Waals surface area contributed by atoms with Gasteiger partial charge in [0.1, 0.15) is 12.3 Å². The van der Waals surface area contributed by atoms with Crippen LogP contribution in [0.1, 0.15) is 11.1 Å². The van der Waals surface area contributed by atoms with Crippen LogP contribution in [-0.2, 0) is 14.4 Å². The van der Waals surface area contributed by atoms with Crippen LogP contribution in [0, 0.1) is 6.92 Å². The molecule has 4 amide bonds. The van der Waals surface area contributed by atoms with Gasteiger partial charge in [-0.15, -0.1) is 0 Å². The minimum absolute atomic E-state index is 0.140. The molecule has 1 saturated heterocycles. The Morgan fingerprint density at radius 3 is 2.49 bits per heavy atom. The summed E-state index contributed by atoms with van der Waals surface area (Å²) >= 11 is 6.72. The third-order valence-corrected chi connectivity index (χ3v) is 6.41. The number of nitrogens with one attached hydrogen (secondary N) is 2. The molecule has 4 rings (SSSR count). The molecule has 8 nitrogen and oxygen atoms in total. The van der Waals surface area contributed by atoms with Gasteiger partial charge in [-0.3, -0.25) is 24.1 Å². The minimum atomic E-state index is -0.593. The Hall–Kier alpha value is -4.08. The lowest BCUT2D eigenvalue weighted by Crippen LogP contribution is -2.36. The summed E-state index contributed by atoms with van der Waals surface area (Å²) in [5.41, 5.74) is 2.45. The number of carbonyl (C=O) groups is 4. The van der Waals surface area contributed by atoms with E-state index in [1.165, 1.54) is 6.08 Å². The lowest BCUT2D eigenvalue weighted by Gasteiger charge is -2.14. The number of rotatable bonds is 8. The topological polar surface area (TPSA) is 105 Å². The summed E-state index contributed by atoms with van der Waals surface area (Å²) in [5, 5.41) is 5.30. The van der Waals surface area contributed by atoms with Gasteiger partial charge in [0, 0.05) is 22.0 Å². The average molecular weight is 536 g/mol. The van der Waals surface area contributed by atoms with Gasteiger partial charge in [-0.25, -0.2) is 0 Å². The van der Waals surface area contributed by atoms with Crippen molar-refractivity contribution in [2.24, 2.45) is 0 Å². The van der Waals surface area contributed by atoms with E-state index >= 15 is 0 Å². The molecule has 0 spiro atoms. The number of thioether (sulfide) groups is 1. The molecule has 1 fully saturated rings. The second-order valence-corrected chi connectivity index (χ2v) is 9.45. The van der Waals surface area contributed by atoms with Crippen LogP contribution < -0.4 is 15.4 Å². The molecule has 0 aliphatic carbocycles. The monoisotopic (exact) mass is 535 g/mol. The molecule has 0 atom stereocenters. The molecule has 188 valence electrons. The maximum Gasteiger partial charge on any atom is 0.294 e. The summed E-state index contributed by atoms with van der Waals surface area (Å²) < 4.78 is 5.67. The average Bonchev–Trinajstić information content (AvgIpc) is 3.13. The Morgan fingerprint density at radius 1 is 0.973 bits per heavy atom. The fourth-order valence-corrected chi connectivity index (χ4v) is 4.43. The van der Waals surface area contributed by atoms with E-state index in [1.807, 2.05) is 6.07 Å². The fourth-order valence-electron chi connectivity index (χ4n) is 3.43. The smallest absolute Gasteiger partial charge is 0.294 e. The van der Waals surface area contributed by atoms with E-state index in [9.17, 15) is 19.2 Å². The Labute approximate surface area is 222 Å². The molecule has 1 aliphatic heterocycles. The summed E-state index contributed by atoms with van der Waals surface area (Å²) in [6.45, 7) is 1.12. The Kier molecular flexibility index (Phi) is 8.27. The first-order chi connectivity index (χ1) is 17.8. The van der Waals surface area contributed by atoms with E-state index < -0.39 is 23.6 Å². The quantitative estimate of drug-likeness (QED) is 0.377. The Balaban J connectivity index is 1.41. The highest BCUT2D eigenvalue weighted by Gasteiger charge is 2.36. The number of imide groups is 1. The fraction of sp³-hybridized carbons (Fsp3) is 0.111. The summed E-state index contributed by atoms with van der Waals surface area (Å²) in [5.74, 6) is -1.10. The van der Waals surface area contributed by atoms with Gasteiger partial charge >= 0.3 is 0 Å². The molecule has 0 unspecified atom stereocenters. The van der Waals surface area contributed by atoms with E-state index in [1.54, 1.807) is 73.7 Å². The lowest BCUT2D eigenvalue weighted by atomic mass is 10.2. The van der Waals surface area contributed by atoms with Crippen molar-refractivity contribution in [3.8, 4) is 5.75 Å². The SMILES string of the molecule is Cc1ccc(Cl)cc1NC(=O)CN1C(=O)S/C(=C/c2ccccc2OCC(=O)Nc2ccccc2)C1=O. The molecule has 10 heteroatoms. The van der Waals surface area contributed by atoms with Crippen molar-refractivity contribution in [2.75, 3.05) is 23.8 Å². The standard InChI is InChI=1S/C27H22ClN3O5S/c1-17-11-12-19(28)14-21(17)30-24(32)15-31-26(34)23(37-27(31)35)13-18-7-5-6-10-22(18)36-16-25(33)29-20-8-3-2-4-9-20/h2-14H,15-16H2,1H3,(H,29,33)(H,30,32)/b23-13+. The van der Waals surface area contributed by atoms with Crippen molar-refractivity contribution in [2.45, 2.75) is 6.92 Å². The first-order valence-corrected chi connectivity index (χ1v) is 12.4. The van der Waals surface area contributed by atoms with Gasteiger partial charge in [0.05, 0.1) is 4.91 Å². The van der Waals surface area contributed by atoms with Crippen molar-refractivity contribution in [1.29, 1.82) is 0 Å². The molecular weight excluding hydrogens is 514 g/mol. The highest BCUT2D eigenvalue weighted by molar-refractivity contribution is 8.18. The van der Waals surface area contributed by atoms with Crippen LogP contribution in [0.2, 0.25) is 5.02 Å². The van der Waals surface area contributed by atoms with Gasteiger partial charge in [0.15, 0.2) is 6.61 Å². The number of para-hydroxylation sites is 2. The third kappa shape index (κ3) is 6.78. The first-order valence-electron chi connectivity index (χ1n) is 11.2. The van der Waals surface area contributed by atoms with E-state index in [0.29, 0.717) is 27.7 Å². The minimum Gasteiger partial charge on any atom is -0.483 e. The maximum atomic E-state index is 12.9. The van der Waals surface area contributed by atoms with Crippen LogP contribution in [-0.4, -0.2) is 41.0 Å². The molecule has 3 aromatic carbocycles. The summed E-state index contributed by atoms with van der Waals surface area (Å²) in [7, 11) is 0. The van der Waals surface area contributed by atoms with Crippen LogP contribution >= 0.6 is 23.4 Å². The molecule has 0 aromatic heterocycles. The predicted octanol–water partition coefficient (Wildman–Crippen LogP) is 5.34. The number of benzene rings is 3. The van der Waals surface area contributed by atoms with Crippen molar-refractivity contribution in [3.05, 3.63) is 93.9 Å². The summed E-state index contributed by atoms with van der Waals surface area (Å²) in [4.78, 5) is 51.2. The Morgan fingerprint density at radius 2 is 1.70 bits per heavy atom. The number of nitrogens with zero attached hydrogens (tertiary/aromatic N) is 1. The van der Waals surface area contributed by atoms with E-state index in [2.05, 4.69) is 10.6 Å². The molecule has 0 radical (unpaired) electrons. The van der Waals surface area contributed by atoms with E-state index in [-0.39, 0.29) is 17.4 Å². The highest BCUT2D eigenvalue weighted by Crippen LogP contribution is 2.34. The van der Waals surface area contributed by atoms with Crippen molar-refractivity contribution < 1.29 is 23.9 Å². The van der Waals surface area contributed by atoms with Gasteiger partial charge in [0.25, 0.3) is 17.1 Å². The zero-order chi connectivity index (χ0) is 26.4. The van der Waals surface area contributed by atoms with E-state index in [0.717, 1.165) is 22.2 Å². The zero-order valence-electron chi connectivity index (χ0n) is 19.7. The molecule has 0 saturated carbocycles. The molecule has 0 bridgehead atoms. The van der Waals surface area contributed by atoms with E-state index in [4.69, 9.17) is 16.3 Å². The number of aryl methyl sites for hydroxylation is 1. The largest absolute Gasteiger partial charge is 0.483 e. The van der Waals surface area contributed by atoms with Crippen LogP contribution in [0.5, 0.6) is 5.75 Å². The van der Waals surface area contributed by atoms with Crippen LogP contribution in [0.15, 0.2) is 77.7 Å². The molecule has 1 heterocycles. The second-order valence-electron chi connectivity index (χ2n) is 8.02. The number of halogens is 1. The first kappa shape index (κ1) is 26.0. The number of carbonyl (C=O) groups excluding carboxylic acids is 4. The maximum absolute atomic E-state index is 12.9. The van der Waals surface area contributed by atoms with Gasteiger partial charge in [-0.05, 0) is 60.7 Å². The number of anilines is 2.